The van der Waals surface area contributed by atoms with Crippen LogP contribution in [0.4, 0.5) is 0 Å². The van der Waals surface area contributed by atoms with Gasteiger partial charge in [-0.2, -0.15) is 0 Å². The van der Waals surface area contributed by atoms with E-state index in [2.05, 4.69) is 5.32 Å². The smallest absolute Gasteiger partial charge is 0.303 e. The van der Waals surface area contributed by atoms with Gasteiger partial charge < -0.3 is 15.2 Å². The van der Waals surface area contributed by atoms with Crippen LogP contribution in [0.1, 0.15) is 46.7 Å². The number of nitrogens with one attached hydrogen (secondary N) is 1. The molecule has 140 valence electrons. The second kappa shape index (κ2) is 9.97. The first-order valence-electron chi connectivity index (χ1n) is 8.76. The van der Waals surface area contributed by atoms with E-state index in [-0.39, 0.29) is 12.3 Å². The lowest BCUT2D eigenvalue weighted by atomic mass is 10.1. The van der Waals surface area contributed by atoms with Gasteiger partial charge in [0.2, 0.25) is 0 Å². The number of carboxylic acid groups (broad SMARTS) is 1. The van der Waals surface area contributed by atoms with Crippen LogP contribution in [0.25, 0.3) is 11.1 Å². The highest BCUT2D eigenvalue weighted by atomic mass is 32.1. The average molecular weight is 375 g/mol. The molecule has 0 atom stereocenters. The minimum atomic E-state index is -0.751. The number of carbonyl (C=O) groups excluding carboxylic acids is 1. The van der Waals surface area contributed by atoms with Gasteiger partial charge >= 0.3 is 5.97 Å². The number of thiophene rings is 1. The van der Waals surface area contributed by atoms with Gasteiger partial charge in [0.05, 0.1) is 12.0 Å². The number of carboxylic acids is 1. The van der Waals surface area contributed by atoms with E-state index in [1.807, 2.05) is 37.3 Å². The van der Waals surface area contributed by atoms with E-state index in [1.165, 1.54) is 11.3 Å². The molecule has 0 bridgehead atoms. The minimum absolute atomic E-state index is 0.0524. The van der Waals surface area contributed by atoms with Gasteiger partial charge in [-0.15, -0.1) is 11.3 Å². The third kappa shape index (κ3) is 5.88. The fraction of sp³-hybridized carbons (Fsp3) is 0.400. The molecule has 1 heterocycles. The Labute approximate surface area is 158 Å². The largest absolute Gasteiger partial charge is 0.497 e. The van der Waals surface area contributed by atoms with E-state index in [1.54, 1.807) is 7.11 Å². The van der Waals surface area contributed by atoms with Gasteiger partial charge in [-0.3, -0.25) is 9.59 Å². The average Bonchev–Trinajstić information content (AvgIpc) is 3.02. The molecule has 0 aliphatic rings. The fourth-order valence-corrected chi connectivity index (χ4v) is 3.65. The summed E-state index contributed by atoms with van der Waals surface area (Å²) in [6, 6.07) is 9.75. The number of hydrogen-bond donors (Lipinski definition) is 2. The van der Waals surface area contributed by atoms with Gasteiger partial charge in [-0.25, -0.2) is 0 Å². The fourth-order valence-electron chi connectivity index (χ4n) is 2.69. The van der Waals surface area contributed by atoms with Gasteiger partial charge in [0.1, 0.15) is 5.75 Å². The maximum absolute atomic E-state index is 12.3. The first-order chi connectivity index (χ1) is 12.5. The summed E-state index contributed by atoms with van der Waals surface area (Å²) >= 11 is 1.49. The number of methoxy groups -OCH3 is 1. The standard InChI is InChI=1S/C20H25NO4S/c1-14-17(15-8-10-16(25-2)11-9-15)13-18(26-14)20(24)21-12-6-4-3-5-7-19(22)23/h8-11,13H,3-7,12H2,1-2H3,(H,21,24)(H,22,23). The molecule has 1 amide bonds. The first-order valence-corrected chi connectivity index (χ1v) is 9.57. The highest BCUT2D eigenvalue weighted by Crippen LogP contribution is 2.32. The number of aliphatic carboxylic acids is 1. The van der Waals surface area contributed by atoms with Crippen molar-refractivity contribution in [3.05, 3.63) is 40.1 Å². The lowest BCUT2D eigenvalue weighted by Crippen LogP contribution is -2.23. The molecule has 6 heteroatoms. The van der Waals surface area contributed by atoms with Crippen molar-refractivity contribution in [3.63, 3.8) is 0 Å². The maximum atomic E-state index is 12.3. The number of aryl methyl sites for hydroxylation is 1. The number of rotatable bonds is 10. The second-order valence-electron chi connectivity index (χ2n) is 6.12. The molecule has 0 unspecified atom stereocenters. The highest BCUT2D eigenvalue weighted by Gasteiger charge is 2.13. The van der Waals surface area contributed by atoms with E-state index < -0.39 is 5.97 Å². The molecule has 2 aromatic rings. The third-order valence-electron chi connectivity index (χ3n) is 4.15. The number of unbranched alkanes of at least 4 members (excludes halogenated alkanes) is 3. The van der Waals surface area contributed by atoms with Crippen molar-refractivity contribution < 1.29 is 19.4 Å². The number of hydrogen-bond acceptors (Lipinski definition) is 4. The lowest BCUT2D eigenvalue weighted by molar-refractivity contribution is -0.137. The topological polar surface area (TPSA) is 75.6 Å². The van der Waals surface area contributed by atoms with Crippen molar-refractivity contribution >= 4 is 23.2 Å². The molecule has 0 fully saturated rings. The van der Waals surface area contributed by atoms with Crippen LogP contribution in [0, 0.1) is 6.92 Å². The van der Waals surface area contributed by atoms with Crippen LogP contribution in [0.3, 0.4) is 0 Å². The molecule has 26 heavy (non-hydrogen) atoms. The summed E-state index contributed by atoms with van der Waals surface area (Å²) in [7, 11) is 1.64. The van der Waals surface area contributed by atoms with Gasteiger partial charge in [-0.05, 0) is 49.1 Å². The van der Waals surface area contributed by atoms with Gasteiger partial charge in [-0.1, -0.05) is 25.0 Å². The Morgan fingerprint density at radius 3 is 2.46 bits per heavy atom. The normalized spacial score (nSPS) is 10.5. The van der Waals surface area contributed by atoms with Crippen LogP contribution in [0.15, 0.2) is 30.3 Å². The zero-order valence-corrected chi connectivity index (χ0v) is 16.0. The van der Waals surface area contributed by atoms with Crippen molar-refractivity contribution in [1.82, 2.24) is 5.32 Å². The summed E-state index contributed by atoms with van der Waals surface area (Å²) in [5.74, 6) is 0.00498. The Bertz CT molecular complexity index is 737. The molecule has 2 N–H and O–H groups in total. The van der Waals surface area contributed by atoms with Crippen LogP contribution in [-0.4, -0.2) is 30.6 Å². The van der Waals surface area contributed by atoms with Crippen molar-refractivity contribution in [3.8, 4) is 16.9 Å². The zero-order chi connectivity index (χ0) is 18.9. The summed E-state index contributed by atoms with van der Waals surface area (Å²) < 4.78 is 5.18. The summed E-state index contributed by atoms with van der Waals surface area (Å²) in [4.78, 5) is 24.6. The Balaban J connectivity index is 1.83. The highest BCUT2D eigenvalue weighted by molar-refractivity contribution is 7.14. The SMILES string of the molecule is COc1ccc(-c2cc(C(=O)NCCCCCCC(=O)O)sc2C)cc1. The molecule has 0 radical (unpaired) electrons. The van der Waals surface area contributed by atoms with Gasteiger partial charge in [0, 0.05) is 17.8 Å². The van der Waals surface area contributed by atoms with Crippen LogP contribution in [-0.2, 0) is 4.79 Å². The van der Waals surface area contributed by atoms with Crippen LogP contribution in [0.2, 0.25) is 0 Å². The van der Waals surface area contributed by atoms with E-state index in [4.69, 9.17) is 9.84 Å². The second-order valence-corrected chi connectivity index (χ2v) is 7.38. The molecule has 2 rings (SSSR count). The number of benzene rings is 1. The summed E-state index contributed by atoms with van der Waals surface area (Å²) in [6.45, 7) is 2.63. The lowest BCUT2D eigenvalue weighted by Gasteiger charge is -2.03. The van der Waals surface area contributed by atoms with E-state index in [0.29, 0.717) is 17.8 Å². The van der Waals surface area contributed by atoms with E-state index in [0.717, 1.165) is 41.0 Å². The first kappa shape index (κ1) is 20.0. The maximum Gasteiger partial charge on any atom is 0.303 e. The number of ether oxygens (including phenoxy) is 1. The molecule has 5 nitrogen and oxygen atoms in total. The molecule has 0 aliphatic carbocycles. The number of carbonyl (C=O) groups is 2. The van der Waals surface area contributed by atoms with Gasteiger partial charge in [0.15, 0.2) is 0 Å². The van der Waals surface area contributed by atoms with Crippen molar-refractivity contribution in [1.29, 1.82) is 0 Å². The Morgan fingerprint density at radius 2 is 1.81 bits per heavy atom. The number of amides is 1. The van der Waals surface area contributed by atoms with Gasteiger partial charge in [0.25, 0.3) is 5.91 Å². The zero-order valence-electron chi connectivity index (χ0n) is 15.2. The van der Waals surface area contributed by atoms with Crippen molar-refractivity contribution in [2.45, 2.75) is 39.0 Å². The minimum Gasteiger partial charge on any atom is -0.497 e. The van der Waals surface area contributed by atoms with Crippen LogP contribution in [0.5, 0.6) is 5.75 Å². The molecule has 0 saturated carbocycles. The Morgan fingerprint density at radius 1 is 1.12 bits per heavy atom. The van der Waals surface area contributed by atoms with Crippen LogP contribution < -0.4 is 10.1 Å². The molecule has 1 aromatic carbocycles. The molecule has 0 spiro atoms. The summed E-state index contributed by atoms with van der Waals surface area (Å²) in [5, 5.41) is 11.5. The monoisotopic (exact) mass is 375 g/mol. The third-order valence-corrected chi connectivity index (χ3v) is 5.19. The predicted molar refractivity (Wildman–Crippen MR) is 104 cm³/mol. The Hall–Kier alpha value is -2.34. The van der Waals surface area contributed by atoms with Crippen LogP contribution >= 0.6 is 11.3 Å². The summed E-state index contributed by atoms with van der Waals surface area (Å²) in [5.41, 5.74) is 2.13. The van der Waals surface area contributed by atoms with Crippen molar-refractivity contribution in [2.75, 3.05) is 13.7 Å². The molecule has 1 aromatic heterocycles. The van der Waals surface area contributed by atoms with Crippen molar-refractivity contribution in [2.24, 2.45) is 0 Å². The van der Waals surface area contributed by atoms with E-state index in [9.17, 15) is 9.59 Å². The molecule has 0 saturated heterocycles. The quantitative estimate of drug-likeness (QED) is 0.600. The van der Waals surface area contributed by atoms with E-state index >= 15 is 0 Å². The molecule has 0 aliphatic heterocycles. The molecular formula is C20H25NO4S. The molecular weight excluding hydrogens is 350 g/mol. The summed E-state index contributed by atoms with van der Waals surface area (Å²) in [6.07, 6.45) is 3.57. The Kier molecular flexibility index (Phi) is 7.66. The predicted octanol–water partition coefficient (Wildman–Crippen LogP) is 4.50.